The molecule has 0 amide bonds. The van der Waals surface area contributed by atoms with Gasteiger partial charge in [0, 0.05) is 6.54 Å². The number of nitrogens with one attached hydrogen (secondary N) is 1. The molecule has 0 spiro atoms. The van der Waals surface area contributed by atoms with Crippen molar-refractivity contribution >= 4 is 12.6 Å². The van der Waals surface area contributed by atoms with Crippen LogP contribution in [0, 0.1) is 0 Å². The van der Waals surface area contributed by atoms with Crippen molar-refractivity contribution in [2.45, 2.75) is 45.3 Å². The van der Waals surface area contributed by atoms with Gasteiger partial charge in [0.1, 0.15) is 0 Å². The molecule has 1 heterocycles. The first-order chi connectivity index (χ1) is 9.36. The average Bonchev–Trinajstić information content (AvgIpc) is 2.60. The Morgan fingerprint density at radius 3 is 2.15 bits per heavy atom. The molecular weight excluding hydrogens is 255 g/mol. The fourth-order valence-electron chi connectivity index (χ4n) is 2.07. The van der Waals surface area contributed by atoms with Gasteiger partial charge in [0.25, 0.3) is 0 Å². The van der Waals surface area contributed by atoms with E-state index in [2.05, 4.69) is 50.2 Å². The molecule has 6 heteroatoms. The molecule has 1 saturated heterocycles. The number of nitrogens with two attached hydrogens (primary N) is 1. The van der Waals surface area contributed by atoms with Crippen molar-refractivity contribution in [2.24, 2.45) is 5.90 Å². The molecule has 1 fully saturated rings. The summed E-state index contributed by atoms with van der Waals surface area (Å²) in [5, 5.41) is 0. The predicted molar refractivity (Wildman–Crippen MR) is 79.1 cm³/mol. The highest BCUT2D eigenvalue weighted by Crippen LogP contribution is 2.36. The molecule has 0 aliphatic carbocycles. The van der Waals surface area contributed by atoms with E-state index in [1.165, 1.54) is 5.56 Å². The molecule has 0 aromatic heterocycles. The van der Waals surface area contributed by atoms with Crippen LogP contribution in [0.1, 0.15) is 33.3 Å². The minimum atomic E-state index is -0.307. The first kappa shape index (κ1) is 15.5. The molecule has 3 N–H and O–H groups in total. The van der Waals surface area contributed by atoms with Crippen LogP contribution in [0.4, 0.5) is 0 Å². The molecule has 0 unspecified atom stereocenters. The van der Waals surface area contributed by atoms with E-state index >= 15 is 0 Å². The number of rotatable bonds is 5. The summed E-state index contributed by atoms with van der Waals surface area (Å²) in [4.78, 5) is 4.32. The fraction of sp³-hybridized carbons (Fsp3) is 0.571. The van der Waals surface area contributed by atoms with Crippen LogP contribution in [0.2, 0.25) is 0 Å². The monoisotopic (exact) mass is 278 g/mol. The summed E-state index contributed by atoms with van der Waals surface area (Å²) in [5.74, 6) is 4.91. The van der Waals surface area contributed by atoms with Crippen molar-refractivity contribution in [2.75, 3.05) is 6.54 Å². The predicted octanol–water partition coefficient (Wildman–Crippen LogP) is 0.923. The van der Waals surface area contributed by atoms with Gasteiger partial charge < -0.3 is 9.31 Å². The van der Waals surface area contributed by atoms with Gasteiger partial charge in [-0.05, 0) is 45.1 Å². The van der Waals surface area contributed by atoms with Crippen LogP contribution >= 0.6 is 0 Å². The van der Waals surface area contributed by atoms with Gasteiger partial charge in [0.15, 0.2) is 0 Å². The molecule has 1 aromatic rings. The van der Waals surface area contributed by atoms with Gasteiger partial charge in [0.05, 0.1) is 11.2 Å². The third-order valence-electron chi connectivity index (χ3n) is 4.10. The smallest absolute Gasteiger partial charge is 0.399 e. The lowest BCUT2D eigenvalue weighted by molar-refractivity contribution is 0.00578. The molecule has 2 rings (SSSR count). The van der Waals surface area contributed by atoms with Crippen LogP contribution in [0.5, 0.6) is 0 Å². The average molecular weight is 278 g/mol. The highest BCUT2D eigenvalue weighted by atomic mass is 16.8. The van der Waals surface area contributed by atoms with E-state index in [0.717, 1.165) is 11.9 Å². The molecule has 1 aromatic carbocycles. The third kappa shape index (κ3) is 3.21. The van der Waals surface area contributed by atoms with Crippen LogP contribution in [0.15, 0.2) is 24.3 Å². The van der Waals surface area contributed by atoms with Crippen molar-refractivity contribution in [1.29, 1.82) is 0 Å². The van der Waals surface area contributed by atoms with Gasteiger partial charge in [0.2, 0.25) is 0 Å². The number of hydrogen-bond donors (Lipinski definition) is 2. The van der Waals surface area contributed by atoms with E-state index < -0.39 is 0 Å². The Kier molecular flexibility index (Phi) is 4.51. The maximum absolute atomic E-state index is 6.02. The second-order valence-corrected chi connectivity index (χ2v) is 6.09. The van der Waals surface area contributed by atoms with E-state index in [0.29, 0.717) is 6.54 Å². The molecule has 110 valence electrons. The summed E-state index contributed by atoms with van der Waals surface area (Å²) in [6.07, 6.45) is 0.848. The Bertz CT molecular complexity index is 432. The molecule has 0 atom stereocenters. The molecule has 5 nitrogen and oxygen atoms in total. The zero-order chi connectivity index (χ0) is 14.8. The maximum Gasteiger partial charge on any atom is 0.494 e. The van der Waals surface area contributed by atoms with Crippen LogP contribution < -0.4 is 16.8 Å². The molecular formula is C14H23BN2O3. The summed E-state index contributed by atoms with van der Waals surface area (Å²) in [7, 11) is -0.306. The zero-order valence-corrected chi connectivity index (χ0v) is 12.6. The van der Waals surface area contributed by atoms with Gasteiger partial charge in [-0.3, -0.25) is 0 Å². The molecule has 1 aliphatic heterocycles. The SMILES string of the molecule is CC1(C)OB(c2ccc(CCNON)cc2)OC1(C)C. The molecule has 0 saturated carbocycles. The second kappa shape index (κ2) is 5.83. The van der Waals surface area contributed by atoms with Gasteiger partial charge in [-0.15, -0.1) is 0 Å². The second-order valence-electron chi connectivity index (χ2n) is 6.09. The minimum absolute atomic E-state index is 0.306. The summed E-state index contributed by atoms with van der Waals surface area (Å²) >= 11 is 0. The standard InChI is InChI=1S/C14H23BN2O3/c1-13(2)14(3,4)19-15(18-13)12-7-5-11(6-8-12)9-10-17-20-16/h5-8,17H,9-10,16H2,1-4H3. The van der Waals surface area contributed by atoms with E-state index in [-0.39, 0.29) is 18.3 Å². The van der Waals surface area contributed by atoms with Crippen LogP contribution in [0.25, 0.3) is 0 Å². The Morgan fingerprint density at radius 1 is 1.10 bits per heavy atom. The lowest BCUT2D eigenvalue weighted by atomic mass is 9.79. The molecule has 0 bridgehead atoms. The van der Waals surface area contributed by atoms with Crippen molar-refractivity contribution in [1.82, 2.24) is 5.48 Å². The first-order valence-corrected chi connectivity index (χ1v) is 6.89. The molecule has 1 aliphatic rings. The van der Waals surface area contributed by atoms with E-state index in [4.69, 9.17) is 15.2 Å². The van der Waals surface area contributed by atoms with Gasteiger partial charge in [-0.25, -0.2) is 4.94 Å². The highest BCUT2D eigenvalue weighted by molar-refractivity contribution is 6.62. The number of hydroxylamine groups is 1. The van der Waals surface area contributed by atoms with E-state index in [1.807, 2.05) is 12.1 Å². The highest BCUT2D eigenvalue weighted by Gasteiger charge is 2.51. The minimum Gasteiger partial charge on any atom is -0.399 e. The van der Waals surface area contributed by atoms with Crippen molar-refractivity contribution in [3.63, 3.8) is 0 Å². The van der Waals surface area contributed by atoms with Crippen molar-refractivity contribution < 1.29 is 14.2 Å². The Morgan fingerprint density at radius 2 is 1.65 bits per heavy atom. The van der Waals surface area contributed by atoms with Crippen molar-refractivity contribution in [3.05, 3.63) is 29.8 Å². The van der Waals surface area contributed by atoms with Crippen LogP contribution in [0.3, 0.4) is 0 Å². The first-order valence-electron chi connectivity index (χ1n) is 6.89. The van der Waals surface area contributed by atoms with E-state index in [1.54, 1.807) is 0 Å². The van der Waals surface area contributed by atoms with Gasteiger partial charge in [-0.1, -0.05) is 24.3 Å². The zero-order valence-electron chi connectivity index (χ0n) is 12.6. The topological polar surface area (TPSA) is 65.7 Å². The summed E-state index contributed by atoms with van der Waals surface area (Å²) < 4.78 is 12.0. The number of hydrogen-bond acceptors (Lipinski definition) is 5. The summed E-state index contributed by atoms with van der Waals surface area (Å²) in [6.45, 7) is 8.89. The lowest BCUT2D eigenvalue weighted by Gasteiger charge is -2.32. The van der Waals surface area contributed by atoms with E-state index in [9.17, 15) is 0 Å². The van der Waals surface area contributed by atoms with Crippen LogP contribution in [-0.4, -0.2) is 24.9 Å². The van der Waals surface area contributed by atoms with Crippen molar-refractivity contribution in [3.8, 4) is 0 Å². The third-order valence-corrected chi connectivity index (χ3v) is 4.10. The fourth-order valence-corrected chi connectivity index (χ4v) is 2.07. The summed E-state index contributed by atoms with van der Waals surface area (Å²) in [5.41, 5.74) is 4.24. The maximum atomic E-state index is 6.02. The lowest BCUT2D eigenvalue weighted by Crippen LogP contribution is -2.41. The molecule has 20 heavy (non-hydrogen) atoms. The quantitative estimate of drug-likeness (QED) is 0.476. The summed E-state index contributed by atoms with van der Waals surface area (Å²) in [6, 6.07) is 8.22. The Labute approximate surface area is 120 Å². The van der Waals surface area contributed by atoms with Gasteiger partial charge >= 0.3 is 7.12 Å². The number of benzene rings is 1. The molecule has 0 radical (unpaired) electrons. The normalized spacial score (nSPS) is 20.4. The largest absolute Gasteiger partial charge is 0.494 e. The Balaban J connectivity index is 2.01. The van der Waals surface area contributed by atoms with Crippen LogP contribution in [-0.2, 0) is 20.7 Å². The Hall–Kier alpha value is -0.915. The van der Waals surface area contributed by atoms with Gasteiger partial charge in [-0.2, -0.15) is 11.4 Å².